The van der Waals surface area contributed by atoms with E-state index >= 15 is 0 Å². The number of thioether (sulfide) groups is 1. The van der Waals surface area contributed by atoms with Crippen molar-refractivity contribution in [3.63, 3.8) is 0 Å². The molecule has 0 bridgehead atoms. The van der Waals surface area contributed by atoms with Gasteiger partial charge in [0.25, 0.3) is 0 Å². The Morgan fingerprint density at radius 1 is 1.56 bits per heavy atom. The van der Waals surface area contributed by atoms with E-state index < -0.39 is 24.7 Å². The molecule has 2 atom stereocenters. The van der Waals surface area contributed by atoms with Crippen molar-refractivity contribution in [2.75, 3.05) is 18.1 Å². The number of amides is 1. The second-order valence-corrected chi connectivity index (χ2v) is 4.93. The molecule has 1 aliphatic rings. The van der Waals surface area contributed by atoms with Gasteiger partial charge in [-0.3, -0.25) is 4.79 Å². The minimum Gasteiger partial charge on any atom is -0.346 e. The van der Waals surface area contributed by atoms with Gasteiger partial charge in [0.05, 0.1) is 6.04 Å². The van der Waals surface area contributed by atoms with Crippen LogP contribution in [0, 0.1) is 0 Å². The minimum absolute atomic E-state index is 0.233. The Kier molecular flexibility index (Phi) is 4.91. The van der Waals surface area contributed by atoms with Crippen molar-refractivity contribution in [3.8, 4) is 0 Å². The number of nitrogens with one attached hydrogen (secondary N) is 2. The van der Waals surface area contributed by atoms with Gasteiger partial charge < -0.3 is 10.6 Å². The van der Waals surface area contributed by atoms with Crippen LogP contribution in [0.5, 0.6) is 0 Å². The summed E-state index contributed by atoms with van der Waals surface area (Å²) in [6, 6.07) is -0.345. The van der Waals surface area contributed by atoms with E-state index in [0.717, 1.165) is 17.9 Å². The lowest BCUT2D eigenvalue weighted by atomic mass is 10.2. The number of hydrogen-bond acceptors (Lipinski definition) is 3. The van der Waals surface area contributed by atoms with Crippen molar-refractivity contribution in [3.05, 3.63) is 0 Å². The fourth-order valence-corrected chi connectivity index (χ4v) is 2.60. The van der Waals surface area contributed by atoms with E-state index in [2.05, 4.69) is 5.32 Å². The summed E-state index contributed by atoms with van der Waals surface area (Å²) in [6.45, 7) is 0.311. The largest absolute Gasteiger partial charge is 0.405 e. The molecule has 0 spiro atoms. The number of halogens is 3. The standard InChI is InChI=1S/C9H15F3N2OS/c1-6(14-7-2-3-16-4-7)8(15)13-5-9(10,11)12/h6-7,14H,2-5H2,1H3,(H,13,15). The zero-order valence-electron chi connectivity index (χ0n) is 8.93. The van der Waals surface area contributed by atoms with Crippen molar-refractivity contribution in [2.24, 2.45) is 0 Å². The molecular weight excluding hydrogens is 241 g/mol. The molecule has 0 aromatic rings. The van der Waals surface area contributed by atoms with Crippen LogP contribution in [-0.4, -0.2) is 42.2 Å². The molecule has 3 nitrogen and oxygen atoms in total. The van der Waals surface area contributed by atoms with Gasteiger partial charge in [-0.1, -0.05) is 0 Å². The van der Waals surface area contributed by atoms with Crippen LogP contribution >= 0.6 is 11.8 Å². The third-order valence-electron chi connectivity index (χ3n) is 2.27. The van der Waals surface area contributed by atoms with Crippen LogP contribution in [-0.2, 0) is 4.79 Å². The van der Waals surface area contributed by atoms with Crippen LogP contribution in [0.2, 0.25) is 0 Å². The van der Waals surface area contributed by atoms with Crippen molar-refractivity contribution in [1.29, 1.82) is 0 Å². The fraction of sp³-hybridized carbons (Fsp3) is 0.889. The molecule has 0 aromatic carbocycles. The van der Waals surface area contributed by atoms with Gasteiger partial charge in [-0.25, -0.2) is 0 Å². The third kappa shape index (κ3) is 5.07. The first kappa shape index (κ1) is 13.6. The number of carbonyl (C=O) groups excluding carboxylic acids is 1. The average molecular weight is 256 g/mol. The number of hydrogen-bond donors (Lipinski definition) is 2. The van der Waals surface area contributed by atoms with Crippen LogP contribution in [0.4, 0.5) is 13.2 Å². The fourth-order valence-electron chi connectivity index (χ4n) is 1.44. The Morgan fingerprint density at radius 3 is 2.75 bits per heavy atom. The van der Waals surface area contributed by atoms with E-state index in [0.29, 0.717) is 0 Å². The van der Waals surface area contributed by atoms with Crippen LogP contribution in [0.1, 0.15) is 13.3 Å². The molecule has 0 saturated carbocycles. The zero-order valence-corrected chi connectivity index (χ0v) is 9.75. The Labute approximate surface area is 96.5 Å². The van der Waals surface area contributed by atoms with Gasteiger partial charge >= 0.3 is 6.18 Å². The maximum atomic E-state index is 11.8. The van der Waals surface area contributed by atoms with Crippen molar-refractivity contribution < 1.29 is 18.0 Å². The van der Waals surface area contributed by atoms with Gasteiger partial charge in [0.2, 0.25) is 5.91 Å². The molecule has 7 heteroatoms. The quantitative estimate of drug-likeness (QED) is 0.793. The van der Waals surface area contributed by atoms with Crippen molar-refractivity contribution in [1.82, 2.24) is 10.6 Å². The van der Waals surface area contributed by atoms with E-state index in [1.54, 1.807) is 18.7 Å². The second kappa shape index (κ2) is 5.77. The predicted molar refractivity (Wildman–Crippen MR) is 57.4 cm³/mol. The molecule has 16 heavy (non-hydrogen) atoms. The summed E-state index contributed by atoms with van der Waals surface area (Å²) in [4.78, 5) is 11.3. The Hall–Kier alpha value is -0.430. The number of rotatable bonds is 4. The topological polar surface area (TPSA) is 41.1 Å². The van der Waals surface area contributed by atoms with E-state index in [9.17, 15) is 18.0 Å². The summed E-state index contributed by atoms with van der Waals surface area (Å²) < 4.78 is 35.5. The first-order valence-corrected chi connectivity index (χ1v) is 6.22. The summed E-state index contributed by atoms with van der Waals surface area (Å²) in [5, 5.41) is 4.88. The normalized spacial score (nSPS) is 23.1. The maximum absolute atomic E-state index is 11.8. The molecule has 2 unspecified atom stereocenters. The molecule has 1 rings (SSSR count). The highest BCUT2D eigenvalue weighted by Crippen LogP contribution is 2.17. The minimum atomic E-state index is -4.35. The predicted octanol–water partition coefficient (Wildman–Crippen LogP) is 1.15. The van der Waals surface area contributed by atoms with Gasteiger partial charge in [-0.15, -0.1) is 0 Å². The SMILES string of the molecule is CC(NC1CCSC1)C(=O)NCC(F)(F)F. The highest BCUT2D eigenvalue weighted by Gasteiger charge is 2.29. The molecule has 94 valence electrons. The second-order valence-electron chi connectivity index (χ2n) is 3.78. The lowest BCUT2D eigenvalue weighted by molar-refractivity contribution is -0.139. The van der Waals surface area contributed by atoms with Gasteiger partial charge in [-0.2, -0.15) is 24.9 Å². The maximum Gasteiger partial charge on any atom is 0.405 e. The molecule has 1 heterocycles. The van der Waals surface area contributed by atoms with Crippen LogP contribution in [0.25, 0.3) is 0 Å². The Balaban J connectivity index is 2.24. The lowest BCUT2D eigenvalue weighted by Crippen LogP contribution is -2.48. The average Bonchev–Trinajstić information content (AvgIpc) is 2.65. The summed E-state index contributed by atoms with van der Waals surface area (Å²) in [7, 11) is 0. The Morgan fingerprint density at radius 2 is 2.25 bits per heavy atom. The third-order valence-corrected chi connectivity index (χ3v) is 3.43. The molecule has 2 N–H and O–H groups in total. The van der Waals surface area contributed by atoms with Gasteiger partial charge in [0.1, 0.15) is 6.54 Å². The van der Waals surface area contributed by atoms with Crippen molar-refractivity contribution >= 4 is 17.7 Å². The molecule has 0 radical (unpaired) electrons. The lowest BCUT2D eigenvalue weighted by Gasteiger charge is -2.18. The number of alkyl halides is 3. The van der Waals surface area contributed by atoms with E-state index in [1.807, 2.05) is 5.32 Å². The highest BCUT2D eigenvalue weighted by atomic mass is 32.2. The van der Waals surface area contributed by atoms with Gasteiger partial charge in [0.15, 0.2) is 0 Å². The molecule has 1 aliphatic heterocycles. The van der Waals surface area contributed by atoms with Crippen LogP contribution < -0.4 is 10.6 Å². The molecule has 1 amide bonds. The van der Waals surface area contributed by atoms with Crippen molar-refractivity contribution in [2.45, 2.75) is 31.6 Å². The van der Waals surface area contributed by atoms with Crippen LogP contribution in [0.15, 0.2) is 0 Å². The molecular formula is C9H15F3N2OS. The Bertz CT molecular complexity index is 241. The number of carbonyl (C=O) groups is 1. The van der Waals surface area contributed by atoms with Crippen LogP contribution in [0.3, 0.4) is 0 Å². The monoisotopic (exact) mass is 256 g/mol. The summed E-state index contributed by atoms with van der Waals surface area (Å²) in [5.41, 5.74) is 0. The van der Waals surface area contributed by atoms with E-state index in [4.69, 9.17) is 0 Å². The summed E-state index contributed by atoms with van der Waals surface area (Å²) >= 11 is 1.78. The first-order chi connectivity index (χ1) is 7.38. The molecule has 1 fully saturated rings. The van der Waals surface area contributed by atoms with Gasteiger partial charge in [0, 0.05) is 11.8 Å². The van der Waals surface area contributed by atoms with E-state index in [1.165, 1.54) is 0 Å². The van der Waals surface area contributed by atoms with Gasteiger partial charge in [-0.05, 0) is 19.1 Å². The first-order valence-electron chi connectivity index (χ1n) is 5.07. The molecule has 1 saturated heterocycles. The smallest absolute Gasteiger partial charge is 0.346 e. The van der Waals surface area contributed by atoms with E-state index in [-0.39, 0.29) is 6.04 Å². The molecule has 0 aliphatic carbocycles. The summed E-state index contributed by atoms with van der Waals surface area (Å²) in [6.07, 6.45) is -3.39. The molecule has 0 aromatic heterocycles. The highest BCUT2D eigenvalue weighted by molar-refractivity contribution is 7.99. The summed E-state index contributed by atoms with van der Waals surface area (Å²) in [5.74, 6) is 1.35. The zero-order chi connectivity index (χ0) is 12.2.